The lowest BCUT2D eigenvalue weighted by Crippen LogP contribution is -2.30. The van der Waals surface area contributed by atoms with Gasteiger partial charge in [0.25, 0.3) is 0 Å². The number of phosphoric acid groups is 2. The van der Waals surface area contributed by atoms with Crippen LogP contribution < -0.4 is 0 Å². The van der Waals surface area contributed by atoms with E-state index in [2.05, 4.69) is 167 Å². The lowest BCUT2D eigenvalue weighted by atomic mass is 10.0. The van der Waals surface area contributed by atoms with Crippen LogP contribution in [0.5, 0.6) is 0 Å². The summed E-state index contributed by atoms with van der Waals surface area (Å²) in [5.74, 6) is -1.58. The molecule has 0 fully saturated rings. The summed E-state index contributed by atoms with van der Waals surface area (Å²) >= 11 is 0. The number of aliphatic hydroxyl groups is 2. The van der Waals surface area contributed by atoms with E-state index >= 15 is 0 Å². The van der Waals surface area contributed by atoms with Gasteiger partial charge >= 0.3 is 33.6 Å². The molecule has 0 heterocycles. The second-order valence-corrected chi connectivity index (χ2v) is 34.3. The molecule has 0 aliphatic carbocycles. The molecule has 0 saturated carbocycles. The van der Waals surface area contributed by atoms with Crippen LogP contribution in [0, 0.1) is 0 Å². The van der Waals surface area contributed by atoms with Crippen molar-refractivity contribution >= 4 is 33.6 Å². The highest BCUT2D eigenvalue weighted by Gasteiger charge is 2.30. The minimum absolute atomic E-state index is 0.0853. The quantitative estimate of drug-likeness (QED) is 0.0146. The molecule has 0 aliphatic heterocycles. The zero-order valence-electron chi connectivity index (χ0n) is 74.3. The van der Waals surface area contributed by atoms with Crippen LogP contribution in [0.2, 0.25) is 0 Å². The molecule has 0 spiro atoms. The molecule has 18 heteroatoms. The number of rotatable bonds is 89. The number of ether oxygens (including phenoxy) is 3. The maximum Gasteiger partial charge on any atom is 0.472 e. The molecule has 5 atom stereocenters. The van der Waals surface area contributed by atoms with E-state index in [0.717, 1.165) is 154 Å². The average Bonchev–Trinajstić information content (AvgIpc) is 0.812. The van der Waals surface area contributed by atoms with Crippen molar-refractivity contribution in [3.8, 4) is 0 Å². The number of hydrogen-bond acceptors (Lipinski definition) is 14. The van der Waals surface area contributed by atoms with Crippen molar-refractivity contribution in [3.63, 3.8) is 0 Å². The molecular formula is C99H172O16P2. The molecule has 0 radical (unpaired) electrons. The number of phosphoric ester groups is 2. The molecule has 5 unspecified atom stereocenters. The highest BCUT2D eigenvalue weighted by atomic mass is 31.2. The van der Waals surface area contributed by atoms with Gasteiger partial charge in [-0.25, -0.2) is 9.13 Å². The van der Waals surface area contributed by atoms with Gasteiger partial charge < -0.3 is 34.2 Å². The Morgan fingerprint density at radius 3 is 0.718 bits per heavy atom. The standard InChI is InChI=1S/C99H172O16P2/c1-4-7-10-13-16-19-22-25-28-31-34-36-38-40-42-43-44-45-46-47-48-49-51-53-54-56-59-61-64-67-70-73-76-79-82-85-97(102)109-88-94(100)89-111-116(105,106)112-90-95(101)91-113-117(107,108)114-93-96(115-99(104)87-84-81-78-75-72-69-66-63-58-33-30-27-24-21-18-15-12-9-6-3)92-110-98(103)86-83-80-77-74-71-68-65-62-60-57-55-52-50-41-39-37-35-32-29-26-23-20-17-14-11-8-5-2/h9,12,16-21,25-30,34-37,40-42,50,58,63,94-96,100-101H,4-8,10-11,13-15,22-24,31-33,38-39,43-49,51-57,59-62,64-93H2,1-3H3,(H,105,106)(H,107,108)/b12-9-,19-16-,20-17-,21-18-,28-25-,29-26-,30-27-,36-34-,37-35-,42-40-,50-41-,63-58-. The van der Waals surface area contributed by atoms with E-state index in [9.17, 15) is 43.5 Å². The van der Waals surface area contributed by atoms with Crippen molar-refractivity contribution in [2.45, 2.75) is 424 Å². The summed E-state index contributed by atoms with van der Waals surface area (Å²) in [6, 6.07) is 0. The van der Waals surface area contributed by atoms with Gasteiger partial charge in [0, 0.05) is 19.3 Å². The van der Waals surface area contributed by atoms with Gasteiger partial charge in [0.2, 0.25) is 0 Å². The second-order valence-electron chi connectivity index (χ2n) is 31.4. The highest BCUT2D eigenvalue weighted by molar-refractivity contribution is 7.47. The number of allylic oxidation sites excluding steroid dienone is 24. The van der Waals surface area contributed by atoms with Crippen LogP contribution in [0.1, 0.15) is 406 Å². The van der Waals surface area contributed by atoms with Crippen molar-refractivity contribution in [2.24, 2.45) is 0 Å². The van der Waals surface area contributed by atoms with Crippen LogP contribution in [0.4, 0.5) is 0 Å². The lowest BCUT2D eigenvalue weighted by molar-refractivity contribution is -0.161. The monoisotopic (exact) mass is 1680 g/mol. The SMILES string of the molecule is CC/C=C\C/C=C\C/C=C\C/C=C\CCCCCCCCC(=O)OC(COC(=O)CCCCCCCCCCCCC/C=C\C/C=C\C/C=C\C/C=C\CCCCC)COP(=O)(O)OCC(O)COP(=O)(O)OCC(O)COC(=O)CCCCCCCCCCCCCCCCCCCCC/C=C\C/C=C\C/C=C\C/C=C\CCCCC. The van der Waals surface area contributed by atoms with E-state index in [-0.39, 0.29) is 19.3 Å². The molecule has 0 bridgehead atoms. The fourth-order valence-corrected chi connectivity index (χ4v) is 14.5. The molecular weight excluding hydrogens is 1510 g/mol. The molecule has 0 amide bonds. The molecule has 0 saturated heterocycles. The average molecular weight is 1680 g/mol. The van der Waals surface area contributed by atoms with Crippen LogP contribution in [-0.4, -0.2) is 95.9 Å². The number of carbonyl (C=O) groups is 3. The minimum Gasteiger partial charge on any atom is -0.463 e. The van der Waals surface area contributed by atoms with Gasteiger partial charge in [-0.05, 0) is 148 Å². The Kier molecular flexibility index (Phi) is 87.1. The van der Waals surface area contributed by atoms with Gasteiger partial charge in [-0.15, -0.1) is 0 Å². The molecule has 0 aromatic heterocycles. The fraction of sp³-hybridized carbons (Fsp3) is 0.727. The van der Waals surface area contributed by atoms with E-state index in [1.165, 1.54) is 193 Å². The first-order valence-electron chi connectivity index (χ1n) is 47.1. The molecule has 674 valence electrons. The van der Waals surface area contributed by atoms with Crippen molar-refractivity contribution in [2.75, 3.05) is 39.6 Å². The fourth-order valence-electron chi connectivity index (χ4n) is 12.9. The first-order valence-corrected chi connectivity index (χ1v) is 50.1. The van der Waals surface area contributed by atoms with E-state index in [1.54, 1.807) is 0 Å². The van der Waals surface area contributed by atoms with Gasteiger partial charge in [-0.3, -0.25) is 32.5 Å². The van der Waals surface area contributed by atoms with Crippen molar-refractivity contribution in [1.82, 2.24) is 0 Å². The predicted octanol–water partition coefficient (Wildman–Crippen LogP) is 29.1. The molecule has 0 aliphatic rings. The van der Waals surface area contributed by atoms with Crippen LogP contribution >= 0.6 is 15.6 Å². The summed E-state index contributed by atoms with van der Waals surface area (Å²) < 4.78 is 61.5. The molecule has 117 heavy (non-hydrogen) atoms. The first-order chi connectivity index (χ1) is 57.2. The molecule has 4 N–H and O–H groups in total. The van der Waals surface area contributed by atoms with E-state index in [0.29, 0.717) is 19.3 Å². The summed E-state index contributed by atoms with van der Waals surface area (Å²) in [6.45, 7) is 2.55. The van der Waals surface area contributed by atoms with Gasteiger partial charge in [0.1, 0.15) is 25.4 Å². The molecule has 16 nitrogen and oxygen atoms in total. The molecule has 0 aromatic carbocycles. The largest absolute Gasteiger partial charge is 0.472 e. The number of aliphatic hydroxyl groups excluding tert-OH is 2. The van der Waals surface area contributed by atoms with Gasteiger partial charge in [-0.2, -0.15) is 0 Å². The summed E-state index contributed by atoms with van der Waals surface area (Å²) in [6.07, 6.45) is 115. The predicted molar refractivity (Wildman–Crippen MR) is 491 cm³/mol. The third kappa shape index (κ3) is 92.0. The van der Waals surface area contributed by atoms with E-state index in [4.69, 9.17) is 32.3 Å². The Bertz CT molecular complexity index is 2710. The van der Waals surface area contributed by atoms with Gasteiger partial charge in [0.05, 0.1) is 26.4 Å². The zero-order valence-corrected chi connectivity index (χ0v) is 76.1. The Morgan fingerprint density at radius 2 is 0.453 bits per heavy atom. The number of hydrogen-bond donors (Lipinski definition) is 4. The maximum atomic E-state index is 13.0. The number of unbranched alkanes of at least 4 members (excludes halogenated alkanes) is 42. The van der Waals surface area contributed by atoms with Crippen molar-refractivity contribution < 1.29 is 75.8 Å². The normalized spacial score (nSPS) is 14.4. The maximum absolute atomic E-state index is 13.0. The van der Waals surface area contributed by atoms with Crippen molar-refractivity contribution in [1.29, 1.82) is 0 Å². The third-order valence-corrected chi connectivity index (χ3v) is 21.9. The number of carbonyl (C=O) groups excluding carboxylic acids is 3. The van der Waals surface area contributed by atoms with E-state index in [1.807, 2.05) is 0 Å². The van der Waals surface area contributed by atoms with Gasteiger partial charge in [-0.1, -0.05) is 385 Å². The lowest BCUT2D eigenvalue weighted by Gasteiger charge is -2.21. The Labute approximate surface area is 715 Å². The molecule has 0 rings (SSSR count). The summed E-state index contributed by atoms with van der Waals surface area (Å²) in [4.78, 5) is 59.0. The smallest absolute Gasteiger partial charge is 0.463 e. The van der Waals surface area contributed by atoms with Crippen LogP contribution in [0.25, 0.3) is 0 Å². The zero-order chi connectivity index (χ0) is 85.1. The summed E-state index contributed by atoms with van der Waals surface area (Å²) in [7, 11) is -9.81. The van der Waals surface area contributed by atoms with Crippen LogP contribution in [0.3, 0.4) is 0 Å². The first kappa shape index (κ1) is 112. The minimum atomic E-state index is -4.95. The Hall–Kier alpha value is -4.57. The van der Waals surface area contributed by atoms with Gasteiger partial charge in [0.15, 0.2) is 6.10 Å². The Balaban J connectivity index is 4.50. The molecule has 0 aromatic rings. The van der Waals surface area contributed by atoms with Crippen LogP contribution in [0.15, 0.2) is 146 Å². The van der Waals surface area contributed by atoms with Crippen LogP contribution in [-0.2, 0) is 55.8 Å². The third-order valence-electron chi connectivity index (χ3n) is 20.0. The number of esters is 3. The topological polar surface area (TPSA) is 231 Å². The summed E-state index contributed by atoms with van der Waals surface area (Å²) in [5, 5.41) is 20.7. The second kappa shape index (κ2) is 90.7. The summed E-state index contributed by atoms with van der Waals surface area (Å²) in [5.41, 5.74) is 0. The van der Waals surface area contributed by atoms with E-state index < -0.39 is 91.5 Å². The highest BCUT2D eigenvalue weighted by Crippen LogP contribution is 2.45. The van der Waals surface area contributed by atoms with Crippen molar-refractivity contribution in [3.05, 3.63) is 146 Å². The Morgan fingerprint density at radius 1 is 0.248 bits per heavy atom.